The van der Waals surface area contributed by atoms with Crippen molar-refractivity contribution in [3.05, 3.63) is 29.8 Å². The molecule has 0 unspecified atom stereocenters. The van der Waals surface area contributed by atoms with Crippen LogP contribution in [-0.4, -0.2) is 37.8 Å². The van der Waals surface area contributed by atoms with Crippen LogP contribution in [0.5, 0.6) is 0 Å². The fourth-order valence-corrected chi connectivity index (χ4v) is 4.13. The number of benzene rings is 1. The molecular weight excluding hydrogens is 300 g/mol. The van der Waals surface area contributed by atoms with E-state index in [1.54, 1.807) is 12.1 Å². The fraction of sp³-hybridized carbons (Fsp3) is 0.562. The van der Waals surface area contributed by atoms with Gasteiger partial charge in [-0.2, -0.15) is 4.31 Å². The molecule has 1 saturated heterocycles. The topological polar surface area (TPSA) is 66.5 Å². The van der Waals surface area contributed by atoms with Crippen LogP contribution in [0, 0.1) is 0 Å². The maximum absolute atomic E-state index is 12.4. The Hall–Kier alpha value is -1.40. The first-order chi connectivity index (χ1) is 10.5. The highest BCUT2D eigenvalue weighted by molar-refractivity contribution is 7.89. The highest BCUT2D eigenvalue weighted by Crippen LogP contribution is 2.21. The molecule has 1 amide bonds. The Morgan fingerprint density at radius 1 is 1.14 bits per heavy atom. The zero-order valence-electron chi connectivity index (χ0n) is 13.2. The van der Waals surface area contributed by atoms with Gasteiger partial charge in [0.1, 0.15) is 0 Å². The quantitative estimate of drug-likeness (QED) is 0.874. The summed E-state index contributed by atoms with van der Waals surface area (Å²) in [7, 11) is -3.41. The van der Waals surface area contributed by atoms with Crippen LogP contribution in [0.2, 0.25) is 0 Å². The summed E-state index contributed by atoms with van der Waals surface area (Å²) in [4.78, 5) is 12.4. The summed E-state index contributed by atoms with van der Waals surface area (Å²) in [6.07, 6.45) is 3.58. The molecule has 0 bridgehead atoms. The lowest BCUT2D eigenvalue weighted by Gasteiger charge is -2.16. The minimum absolute atomic E-state index is 0.153. The molecule has 1 heterocycles. The van der Waals surface area contributed by atoms with E-state index in [9.17, 15) is 13.2 Å². The molecule has 1 aromatic carbocycles. The van der Waals surface area contributed by atoms with Gasteiger partial charge in [0, 0.05) is 24.7 Å². The number of nitrogens with zero attached hydrogens (tertiary/aromatic N) is 1. The van der Waals surface area contributed by atoms with E-state index >= 15 is 0 Å². The Morgan fingerprint density at radius 2 is 1.68 bits per heavy atom. The zero-order chi connectivity index (χ0) is 16.2. The number of carbonyl (C=O) groups excluding carboxylic acids is 1. The van der Waals surface area contributed by atoms with Gasteiger partial charge in [0.15, 0.2) is 0 Å². The standard InChI is InChI=1S/C16H24N2O3S/c1-3-14(4-2)17-16(19)13-7-9-15(10-8-13)22(20,21)18-11-5-6-12-18/h7-10,14H,3-6,11-12H2,1-2H3,(H,17,19). The molecule has 1 fully saturated rings. The maximum atomic E-state index is 12.4. The van der Waals surface area contributed by atoms with Gasteiger partial charge in [-0.1, -0.05) is 13.8 Å². The van der Waals surface area contributed by atoms with E-state index in [0.717, 1.165) is 25.7 Å². The molecule has 0 aliphatic carbocycles. The van der Waals surface area contributed by atoms with Crippen molar-refractivity contribution in [3.8, 4) is 0 Å². The van der Waals surface area contributed by atoms with E-state index in [1.165, 1.54) is 16.4 Å². The predicted octanol–water partition coefficient (Wildman–Crippen LogP) is 2.39. The second-order valence-corrected chi connectivity index (χ2v) is 7.56. The molecule has 22 heavy (non-hydrogen) atoms. The van der Waals surface area contributed by atoms with Crippen LogP contribution < -0.4 is 5.32 Å². The van der Waals surface area contributed by atoms with Crippen molar-refractivity contribution in [3.63, 3.8) is 0 Å². The van der Waals surface area contributed by atoms with Crippen LogP contribution in [0.25, 0.3) is 0 Å². The van der Waals surface area contributed by atoms with Gasteiger partial charge in [-0.25, -0.2) is 8.42 Å². The molecule has 1 aliphatic rings. The predicted molar refractivity (Wildman–Crippen MR) is 86.3 cm³/mol. The normalized spacial score (nSPS) is 16.1. The smallest absolute Gasteiger partial charge is 0.251 e. The number of carbonyl (C=O) groups is 1. The number of hydrogen-bond donors (Lipinski definition) is 1. The summed E-state index contributed by atoms with van der Waals surface area (Å²) in [5.74, 6) is -0.154. The summed E-state index contributed by atoms with van der Waals surface area (Å²) < 4.78 is 26.3. The first kappa shape index (κ1) is 17.0. The summed E-state index contributed by atoms with van der Waals surface area (Å²) in [5, 5.41) is 2.95. The van der Waals surface area contributed by atoms with Crippen LogP contribution in [-0.2, 0) is 10.0 Å². The third-order valence-electron chi connectivity index (χ3n) is 4.14. The number of amides is 1. The molecule has 1 aromatic rings. The zero-order valence-corrected chi connectivity index (χ0v) is 14.0. The van der Waals surface area contributed by atoms with Gasteiger partial charge in [-0.3, -0.25) is 4.79 Å². The average Bonchev–Trinajstić information content (AvgIpc) is 3.07. The van der Waals surface area contributed by atoms with Gasteiger partial charge in [-0.15, -0.1) is 0 Å². The molecule has 1 aliphatic heterocycles. The molecule has 0 spiro atoms. The molecule has 0 saturated carbocycles. The molecular formula is C16H24N2O3S. The SMILES string of the molecule is CCC(CC)NC(=O)c1ccc(S(=O)(=O)N2CCCC2)cc1. The van der Waals surface area contributed by atoms with E-state index in [4.69, 9.17) is 0 Å². The van der Waals surface area contributed by atoms with Crippen molar-refractivity contribution in [2.24, 2.45) is 0 Å². The first-order valence-electron chi connectivity index (χ1n) is 7.90. The van der Waals surface area contributed by atoms with Crippen molar-refractivity contribution in [2.75, 3.05) is 13.1 Å². The Labute approximate surface area is 132 Å². The lowest BCUT2D eigenvalue weighted by Crippen LogP contribution is -2.33. The highest BCUT2D eigenvalue weighted by atomic mass is 32.2. The summed E-state index contributed by atoms with van der Waals surface area (Å²) in [6, 6.07) is 6.37. The van der Waals surface area contributed by atoms with Crippen molar-refractivity contribution in [1.82, 2.24) is 9.62 Å². The van der Waals surface area contributed by atoms with Crippen LogP contribution >= 0.6 is 0 Å². The number of hydrogen-bond acceptors (Lipinski definition) is 3. The van der Waals surface area contributed by atoms with Gasteiger partial charge in [0.05, 0.1) is 4.90 Å². The molecule has 122 valence electrons. The summed E-state index contributed by atoms with van der Waals surface area (Å²) in [5.41, 5.74) is 0.493. The lowest BCUT2D eigenvalue weighted by molar-refractivity contribution is 0.0934. The van der Waals surface area contributed by atoms with Gasteiger partial charge >= 0.3 is 0 Å². The van der Waals surface area contributed by atoms with Crippen molar-refractivity contribution in [2.45, 2.75) is 50.5 Å². The molecule has 5 nitrogen and oxygen atoms in total. The third-order valence-corrected chi connectivity index (χ3v) is 6.05. The van der Waals surface area contributed by atoms with Crippen molar-refractivity contribution >= 4 is 15.9 Å². The van der Waals surface area contributed by atoms with E-state index < -0.39 is 10.0 Å². The van der Waals surface area contributed by atoms with E-state index in [0.29, 0.717) is 18.7 Å². The summed E-state index contributed by atoms with van der Waals surface area (Å²) >= 11 is 0. The Kier molecular flexibility index (Phi) is 5.58. The Morgan fingerprint density at radius 3 is 2.18 bits per heavy atom. The Bertz CT molecular complexity index is 601. The van der Waals surface area contributed by atoms with Crippen molar-refractivity contribution < 1.29 is 13.2 Å². The molecule has 2 rings (SSSR count). The van der Waals surface area contributed by atoms with E-state index in [1.807, 2.05) is 13.8 Å². The molecule has 1 N–H and O–H groups in total. The molecule has 0 aromatic heterocycles. The van der Waals surface area contributed by atoms with Gasteiger partial charge in [-0.05, 0) is 49.9 Å². The van der Waals surface area contributed by atoms with E-state index in [2.05, 4.69) is 5.32 Å². The largest absolute Gasteiger partial charge is 0.349 e. The Balaban J connectivity index is 2.11. The highest BCUT2D eigenvalue weighted by Gasteiger charge is 2.27. The van der Waals surface area contributed by atoms with Gasteiger partial charge < -0.3 is 5.32 Å². The number of sulfonamides is 1. The molecule has 6 heteroatoms. The van der Waals surface area contributed by atoms with Crippen LogP contribution in [0.1, 0.15) is 49.9 Å². The number of nitrogens with one attached hydrogen (secondary N) is 1. The molecule has 0 atom stereocenters. The monoisotopic (exact) mass is 324 g/mol. The lowest BCUT2D eigenvalue weighted by atomic mass is 10.1. The second kappa shape index (κ2) is 7.24. The van der Waals surface area contributed by atoms with Crippen LogP contribution in [0.3, 0.4) is 0 Å². The maximum Gasteiger partial charge on any atom is 0.251 e. The van der Waals surface area contributed by atoms with Crippen LogP contribution in [0.4, 0.5) is 0 Å². The summed E-state index contributed by atoms with van der Waals surface area (Å²) in [6.45, 7) is 5.22. The van der Waals surface area contributed by atoms with Crippen molar-refractivity contribution in [1.29, 1.82) is 0 Å². The number of rotatable bonds is 6. The van der Waals surface area contributed by atoms with Crippen LogP contribution in [0.15, 0.2) is 29.2 Å². The van der Waals surface area contributed by atoms with Gasteiger partial charge in [0.25, 0.3) is 5.91 Å². The average molecular weight is 324 g/mol. The second-order valence-electron chi connectivity index (χ2n) is 5.62. The van der Waals surface area contributed by atoms with E-state index in [-0.39, 0.29) is 16.8 Å². The minimum atomic E-state index is -3.41. The fourth-order valence-electron chi connectivity index (χ4n) is 2.62. The minimum Gasteiger partial charge on any atom is -0.349 e. The van der Waals surface area contributed by atoms with Gasteiger partial charge in [0.2, 0.25) is 10.0 Å². The molecule has 0 radical (unpaired) electrons. The third kappa shape index (κ3) is 3.67. The first-order valence-corrected chi connectivity index (χ1v) is 9.34.